The minimum absolute atomic E-state index is 0.0914. The zero-order valence-corrected chi connectivity index (χ0v) is 12.6. The molecule has 0 saturated heterocycles. The molecule has 4 nitrogen and oxygen atoms in total. The van der Waals surface area contributed by atoms with Gasteiger partial charge in [-0.1, -0.05) is 18.2 Å². The fourth-order valence-corrected chi connectivity index (χ4v) is 2.77. The molecule has 2 N–H and O–H groups in total. The normalized spacial score (nSPS) is 18.9. The molecule has 0 bridgehead atoms. The van der Waals surface area contributed by atoms with Crippen molar-refractivity contribution in [2.24, 2.45) is 5.73 Å². The molecule has 0 amide bonds. The van der Waals surface area contributed by atoms with E-state index in [2.05, 4.69) is 19.9 Å². The van der Waals surface area contributed by atoms with Gasteiger partial charge < -0.3 is 15.2 Å². The van der Waals surface area contributed by atoms with Crippen molar-refractivity contribution in [2.75, 3.05) is 7.11 Å². The van der Waals surface area contributed by atoms with Crippen molar-refractivity contribution in [1.29, 1.82) is 0 Å². The van der Waals surface area contributed by atoms with Crippen molar-refractivity contribution in [2.45, 2.75) is 51.2 Å². The van der Waals surface area contributed by atoms with Gasteiger partial charge in [-0.05, 0) is 31.9 Å². The summed E-state index contributed by atoms with van der Waals surface area (Å²) in [5.74, 6) is 0.553. The largest absolute Gasteiger partial charge is 0.487 e. The predicted molar refractivity (Wildman–Crippen MR) is 77.9 cm³/mol. The number of carbonyl (C=O) groups excluding carboxylic acids is 1. The number of hydrogen-bond acceptors (Lipinski definition) is 4. The quantitative estimate of drug-likeness (QED) is 0.858. The first kappa shape index (κ1) is 14.9. The number of fused-ring (bicyclic) bond motifs is 1. The number of carbonyl (C=O) groups is 1. The van der Waals surface area contributed by atoms with Crippen LogP contribution in [-0.2, 0) is 16.0 Å². The lowest BCUT2D eigenvalue weighted by Crippen LogP contribution is -2.28. The highest BCUT2D eigenvalue weighted by Crippen LogP contribution is 2.42. The molecule has 4 heteroatoms. The van der Waals surface area contributed by atoms with Gasteiger partial charge in [0.05, 0.1) is 13.5 Å². The summed E-state index contributed by atoms with van der Waals surface area (Å²) in [6, 6.07) is 5.93. The Hall–Kier alpha value is -1.55. The second kappa shape index (κ2) is 5.44. The smallest absolute Gasteiger partial charge is 0.306 e. The van der Waals surface area contributed by atoms with E-state index in [4.69, 9.17) is 15.2 Å². The van der Waals surface area contributed by atoms with Gasteiger partial charge in [-0.2, -0.15) is 0 Å². The van der Waals surface area contributed by atoms with Crippen LogP contribution >= 0.6 is 0 Å². The van der Waals surface area contributed by atoms with E-state index >= 15 is 0 Å². The summed E-state index contributed by atoms with van der Waals surface area (Å²) >= 11 is 0. The van der Waals surface area contributed by atoms with Crippen LogP contribution in [0.1, 0.15) is 44.2 Å². The number of rotatable bonds is 4. The van der Waals surface area contributed by atoms with Gasteiger partial charge in [0.25, 0.3) is 0 Å². The lowest BCUT2D eigenvalue weighted by atomic mass is 9.87. The highest BCUT2D eigenvalue weighted by Gasteiger charge is 2.34. The van der Waals surface area contributed by atoms with E-state index in [0.717, 1.165) is 17.7 Å². The number of para-hydroxylation sites is 1. The Balaban J connectivity index is 2.37. The van der Waals surface area contributed by atoms with Crippen LogP contribution in [0.25, 0.3) is 0 Å². The van der Waals surface area contributed by atoms with Crippen molar-refractivity contribution in [3.8, 4) is 5.75 Å². The second-order valence-corrected chi connectivity index (χ2v) is 6.12. The minimum atomic E-state index is -0.248. The van der Waals surface area contributed by atoms with Crippen LogP contribution in [0.4, 0.5) is 0 Å². The number of ether oxygens (including phenoxy) is 2. The van der Waals surface area contributed by atoms with E-state index in [1.54, 1.807) is 0 Å². The van der Waals surface area contributed by atoms with Gasteiger partial charge in [0.2, 0.25) is 0 Å². The maximum Gasteiger partial charge on any atom is 0.306 e. The molecule has 1 heterocycles. The topological polar surface area (TPSA) is 61.5 Å². The number of methoxy groups -OCH3 is 1. The third kappa shape index (κ3) is 2.96. The van der Waals surface area contributed by atoms with E-state index in [1.807, 2.05) is 19.1 Å². The van der Waals surface area contributed by atoms with Gasteiger partial charge in [0, 0.05) is 18.4 Å². The molecule has 2 unspecified atom stereocenters. The second-order valence-electron chi connectivity index (χ2n) is 6.12. The summed E-state index contributed by atoms with van der Waals surface area (Å²) in [5.41, 5.74) is 8.06. The van der Waals surface area contributed by atoms with Crippen LogP contribution in [-0.4, -0.2) is 24.7 Å². The van der Waals surface area contributed by atoms with E-state index < -0.39 is 0 Å². The maximum atomic E-state index is 11.6. The molecule has 1 aromatic carbocycles. The van der Waals surface area contributed by atoms with Crippen molar-refractivity contribution in [1.82, 2.24) is 0 Å². The summed E-state index contributed by atoms with van der Waals surface area (Å²) in [6.07, 6.45) is 1.15. The lowest BCUT2D eigenvalue weighted by Gasteiger charge is -2.24. The summed E-state index contributed by atoms with van der Waals surface area (Å²) in [7, 11) is 1.40. The first-order valence-electron chi connectivity index (χ1n) is 6.97. The van der Waals surface area contributed by atoms with Crippen molar-refractivity contribution < 1.29 is 14.3 Å². The van der Waals surface area contributed by atoms with Gasteiger partial charge in [-0.3, -0.25) is 4.79 Å². The monoisotopic (exact) mass is 277 g/mol. The molecule has 2 atom stereocenters. The Morgan fingerprint density at radius 1 is 1.50 bits per heavy atom. The van der Waals surface area contributed by atoms with Gasteiger partial charge in [-0.15, -0.1) is 0 Å². The fraction of sp³-hybridized carbons (Fsp3) is 0.562. The molecule has 0 saturated carbocycles. The number of benzene rings is 1. The van der Waals surface area contributed by atoms with Crippen LogP contribution < -0.4 is 10.5 Å². The molecule has 0 fully saturated rings. The molecule has 20 heavy (non-hydrogen) atoms. The summed E-state index contributed by atoms with van der Waals surface area (Å²) < 4.78 is 10.8. The Labute approximate surface area is 120 Å². The third-order valence-corrected chi connectivity index (χ3v) is 3.77. The Morgan fingerprint density at radius 2 is 2.20 bits per heavy atom. The fourth-order valence-electron chi connectivity index (χ4n) is 2.77. The number of hydrogen-bond donors (Lipinski definition) is 1. The summed E-state index contributed by atoms with van der Waals surface area (Å²) in [4.78, 5) is 11.6. The molecule has 0 aromatic heterocycles. The molecule has 2 rings (SSSR count). The molecule has 0 aliphatic carbocycles. The van der Waals surface area contributed by atoms with Crippen LogP contribution in [0, 0.1) is 0 Å². The van der Waals surface area contributed by atoms with Crippen LogP contribution in [0.5, 0.6) is 5.75 Å². The van der Waals surface area contributed by atoms with Crippen LogP contribution in [0.3, 0.4) is 0 Å². The lowest BCUT2D eigenvalue weighted by molar-refractivity contribution is -0.141. The van der Waals surface area contributed by atoms with E-state index in [-0.39, 0.29) is 30.0 Å². The first-order chi connectivity index (χ1) is 9.34. The first-order valence-corrected chi connectivity index (χ1v) is 6.97. The zero-order valence-electron chi connectivity index (χ0n) is 12.6. The summed E-state index contributed by atoms with van der Waals surface area (Å²) in [5, 5.41) is 0. The zero-order chi connectivity index (χ0) is 14.9. The SMILES string of the molecule is COC(=O)CC(c1cccc2c1OC(C)(C)C2)C(C)N. The van der Waals surface area contributed by atoms with Crippen LogP contribution in [0.15, 0.2) is 18.2 Å². The molecule has 0 spiro atoms. The molecular weight excluding hydrogens is 254 g/mol. The molecule has 110 valence electrons. The highest BCUT2D eigenvalue weighted by molar-refractivity contribution is 5.71. The average Bonchev–Trinajstić information content (AvgIpc) is 2.69. The van der Waals surface area contributed by atoms with Gasteiger partial charge in [0.15, 0.2) is 0 Å². The van der Waals surface area contributed by atoms with Gasteiger partial charge in [-0.25, -0.2) is 0 Å². The van der Waals surface area contributed by atoms with Gasteiger partial charge >= 0.3 is 5.97 Å². The van der Waals surface area contributed by atoms with E-state index in [1.165, 1.54) is 12.7 Å². The Bertz CT molecular complexity index is 508. The molecule has 1 aliphatic heterocycles. The Morgan fingerprint density at radius 3 is 2.80 bits per heavy atom. The van der Waals surface area contributed by atoms with Crippen molar-refractivity contribution in [3.05, 3.63) is 29.3 Å². The predicted octanol–water partition coefficient (Wildman–Crippen LogP) is 2.39. The molecular formula is C16H23NO3. The maximum absolute atomic E-state index is 11.6. The molecule has 1 aromatic rings. The third-order valence-electron chi connectivity index (χ3n) is 3.77. The number of esters is 1. The van der Waals surface area contributed by atoms with Crippen molar-refractivity contribution >= 4 is 5.97 Å². The van der Waals surface area contributed by atoms with Gasteiger partial charge in [0.1, 0.15) is 11.4 Å². The summed E-state index contributed by atoms with van der Waals surface area (Å²) in [6.45, 7) is 6.04. The highest BCUT2D eigenvalue weighted by atomic mass is 16.5. The Kier molecular flexibility index (Phi) is 4.04. The molecule has 0 radical (unpaired) electrons. The van der Waals surface area contributed by atoms with E-state index in [0.29, 0.717) is 0 Å². The van der Waals surface area contributed by atoms with E-state index in [9.17, 15) is 4.79 Å². The molecule has 1 aliphatic rings. The van der Waals surface area contributed by atoms with Crippen molar-refractivity contribution in [3.63, 3.8) is 0 Å². The standard InChI is InChI=1S/C16H23NO3/c1-10(17)13(8-14(18)19-4)12-7-5-6-11-9-16(2,3)20-15(11)12/h5-7,10,13H,8-9,17H2,1-4H3. The minimum Gasteiger partial charge on any atom is -0.487 e. The average molecular weight is 277 g/mol. The van der Waals surface area contributed by atoms with Crippen LogP contribution in [0.2, 0.25) is 0 Å². The number of nitrogens with two attached hydrogens (primary N) is 1.